The number of carbonyl (C=O) groups excluding carboxylic acids is 1. The maximum Gasteiger partial charge on any atom is 0.328 e. The van der Waals surface area contributed by atoms with Crippen LogP contribution in [-0.2, 0) is 9.53 Å². The van der Waals surface area contributed by atoms with Gasteiger partial charge in [0.1, 0.15) is 6.04 Å². The summed E-state index contributed by atoms with van der Waals surface area (Å²) in [5.41, 5.74) is 5.78. The normalized spacial score (nSPS) is 12.7. The Morgan fingerprint density at radius 3 is 2.94 bits per heavy atom. The molecular formula is C11H10BrNO2S. The number of hydrogen-bond donors (Lipinski definition) is 1. The fourth-order valence-electron chi connectivity index (χ4n) is 1.42. The molecule has 5 heteroatoms. The zero-order chi connectivity index (χ0) is 11.7. The van der Waals surface area contributed by atoms with Crippen LogP contribution >= 0.6 is 27.3 Å². The van der Waals surface area contributed by atoms with Crippen molar-refractivity contribution in [2.75, 3.05) is 7.11 Å². The Labute approximate surface area is 105 Å². The highest BCUT2D eigenvalue weighted by atomic mass is 79.9. The van der Waals surface area contributed by atoms with E-state index in [4.69, 9.17) is 5.73 Å². The molecule has 2 N–H and O–H groups in total. The van der Waals surface area contributed by atoms with Gasteiger partial charge in [0.15, 0.2) is 0 Å². The smallest absolute Gasteiger partial charge is 0.328 e. The summed E-state index contributed by atoms with van der Waals surface area (Å²) >= 11 is 4.91. The number of ether oxygens (including phenoxy) is 1. The summed E-state index contributed by atoms with van der Waals surface area (Å²) in [7, 11) is 1.34. The molecule has 0 fully saturated rings. The van der Waals surface area contributed by atoms with Gasteiger partial charge in [-0.2, -0.15) is 0 Å². The van der Waals surface area contributed by atoms with Crippen LogP contribution in [0.4, 0.5) is 0 Å². The van der Waals surface area contributed by atoms with Gasteiger partial charge in [-0.05, 0) is 23.6 Å². The number of hydrogen-bond acceptors (Lipinski definition) is 4. The molecule has 0 bridgehead atoms. The zero-order valence-electron chi connectivity index (χ0n) is 8.57. The van der Waals surface area contributed by atoms with Crippen molar-refractivity contribution in [1.29, 1.82) is 0 Å². The van der Waals surface area contributed by atoms with E-state index in [1.807, 2.05) is 24.3 Å². The molecule has 1 heterocycles. The second-order valence-electron chi connectivity index (χ2n) is 3.33. The summed E-state index contributed by atoms with van der Waals surface area (Å²) in [5, 5.41) is 1.09. The van der Waals surface area contributed by atoms with E-state index in [1.165, 1.54) is 18.4 Å². The molecule has 84 valence electrons. The third-order valence-electron chi connectivity index (χ3n) is 2.26. The van der Waals surface area contributed by atoms with Crippen molar-refractivity contribution in [3.8, 4) is 0 Å². The lowest BCUT2D eigenvalue weighted by atomic mass is 10.2. The van der Waals surface area contributed by atoms with E-state index in [1.54, 1.807) is 0 Å². The second kappa shape index (κ2) is 4.53. The lowest BCUT2D eigenvalue weighted by molar-refractivity contribution is -0.142. The van der Waals surface area contributed by atoms with Crippen molar-refractivity contribution >= 4 is 43.3 Å². The molecule has 0 saturated carbocycles. The first-order valence-electron chi connectivity index (χ1n) is 4.64. The van der Waals surface area contributed by atoms with Crippen LogP contribution < -0.4 is 5.73 Å². The Kier molecular flexibility index (Phi) is 3.28. The molecule has 0 spiro atoms. The Balaban J connectivity index is 2.43. The van der Waals surface area contributed by atoms with Crippen LogP contribution in [-0.4, -0.2) is 13.1 Å². The molecule has 1 unspecified atom stereocenters. The minimum absolute atomic E-state index is 0.411. The van der Waals surface area contributed by atoms with E-state index in [9.17, 15) is 4.79 Å². The number of benzene rings is 1. The minimum Gasteiger partial charge on any atom is -0.468 e. The first kappa shape index (κ1) is 11.6. The Morgan fingerprint density at radius 1 is 1.50 bits per heavy atom. The third-order valence-corrected chi connectivity index (χ3v) is 3.94. The van der Waals surface area contributed by atoms with Crippen LogP contribution in [0.2, 0.25) is 0 Å². The molecule has 0 aliphatic rings. The van der Waals surface area contributed by atoms with Crippen LogP contribution in [0.1, 0.15) is 10.9 Å². The molecule has 1 aromatic heterocycles. The van der Waals surface area contributed by atoms with Crippen molar-refractivity contribution in [3.05, 3.63) is 33.6 Å². The van der Waals surface area contributed by atoms with E-state index in [0.29, 0.717) is 0 Å². The fraction of sp³-hybridized carbons (Fsp3) is 0.182. The van der Waals surface area contributed by atoms with Gasteiger partial charge < -0.3 is 10.5 Å². The van der Waals surface area contributed by atoms with Gasteiger partial charge in [-0.15, -0.1) is 11.3 Å². The van der Waals surface area contributed by atoms with Crippen LogP contribution in [0.25, 0.3) is 10.1 Å². The van der Waals surface area contributed by atoms with Crippen LogP contribution in [0, 0.1) is 0 Å². The highest BCUT2D eigenvalue weighted by Gasteiger charge is 2.18. The highest BCUT2D eigenvalue weighted by molar-refractivity contribution is 9.10. The molecule has 1 atom stereocenters. The first-order chi connectivity index (χ1) is 7.61. The fourth-order valence-corrected chi connectivity index (χ4v) is 3.03. The molecule has 1 aromatic carbocycles. The Hall–Kier alpha value is -0.910. The van der Waals surface area contributed by atoms with E-state index >= 15 is 0 Å². The van der Waals surface area contributed by atoms with Crippen LogP contribution in [0.5, 0.6) is 0 Å². The number of rotatable bonds is 2. The quantitative estimate of drug-likeness (QED) is 0.868. The molecule has 16 heavy (non-hydrogen) atoms. The maximum absolute atomic E-state index is 11.3. The number of methoxy groups -OCH3 is 1. The van der Waals surface area contributed by atoms with Gasteiger partial charge in [0.2, 0.25) is 0 Å². The third kappa shape index (κ3) is 2.11. The first-order valence-corrected chi connectivity index (χ1v) is 6.25. The van der Waals surface area contributed by atoms with E-state index in [0.717, 1.165) is 19.4 Å². The predicted octanol–water partition coefficient (Wildman–Crippen LogP) is 2.84. The summed E-state index contributed by atoms with van der Waals surface area (Å²) in [5.74, 6) is -0.411. The molecule has 0 aliphatic carbocycles. The average molecular weight is 300 g/mol. The summed E-state index contributed by atoms with van der Waals surface area (Å²) < 4.78 is 6.73. The van der Waals surface area contributed by atoms with Gasteiger partial charge in [0.25, 0.3) is 0 Å². The van der Waals surface area contributed by atoms with Crippen molar-refractivity contribution < 1.29 is 9.53 Å². The number of carbonyl (C=O) groups is 1. The maximum atomic E-state index is 11.3. The van der Waals surface area contributed by atoms with Crippen molar-refractivity contribution in [2.45, 2.75) is 6.04 Å². The van der Waals surface area contributed by atoms with Gasteiger partial charge in [-0.25, -0.2) is 4.79 Å². The average Bonchev–Trinajstić information content (AvgIpc) is 2.69. The monoisotopic (exact) mass is 299 g/mol. The number of esters is 1. The van der Waals surface area contributed by atoms with Gasteiger partial charge in [0, 0.05) is 14.0 Å². The van der Waals surface area contributed by atoms with Gasteiger partial charge in [-0.1, -0.05) is 22.0 Å². The SMILES string of the molecule is COC(=O)C(N)c1cc2ccc(Br)cc2s1. The van der Waals surface area contributed by atoms with Crippen molar-refractivity contribution in [3.63, 3.8) is 0 Å². The molecule has 2 rings (SSSR count). The molecule has 0 saturated heterocycles. The van der Waals surface area contributed by atoms with Gasteiger partial charge >= 0.3 is 5.97 Å². The summed E-state index contributed by atoms with van der Waals surface area (Å²) in [4.78, 5) is 12.1. The van der Waals surface area contributed by atoms with Gasteiger partial charge in [0.05, 0.1) is 7.11 Å². The largest absolute Gasteiger partial charge is 0.468 e. The highest BCUT2D eigenvalue weighted by Crippen LogP contribution is 2.31. The van der Waals surface area contributed by atoms with Crippen molar-refractivity contribution in [2.24, 2.45) is 5.73 Å². The van der Waals surface area contributed by atoms with Gasteiger partial charge in [-0.3, -0.25) is 0 Å². The summed E-state index contributed by atoms with van der Waals surface area (Å²) in [6, 6.07) is 7.19. The standard InChI is InChI=1S/C11H10BrNO2S/c1-15-11(14)10(13)9-4-6-2-3-7(12)5-8(6)16-9/h2-5,10H,13H2,1H3. The summed E-state index contributed by atoms with van der Waals surface area (Å²) in [6.45, 7) is 0. The molecule has 0 aliphatic heterocycles. The lowest BCUT2D eigenvalue weighted by Gasteiger charge is -2.05. The molecular weight excluding hydrogens is 290 g/mol. The summed E-state index contributed by atoms with van der Waals surface area (Å²) in [6.07, 6.45) is 0. The molecule has 2 aromatic rings. The van der Waals surface area contributed by atoms with Crippen LogP contribution in [0.15, 0.2) is 28.7 Å². The van der Waals surface area contributed by atoms with Crippen LogP contribution in [0.3, 0.4) is 0 Å². The molecule has 0 radical (unpaired) electrons. The van der Waals surface area contributed by atoms with Crippen molar-refractivity contribution in [1.82, 2.24) is 0 Å². The van der Waals surface area contributed by atoms with E-state index in [2.05, 4.69) is 20.7 Å². The zero-order valence-corrected chi connectivity index (χ0v) is 11.0. The lowest BCUT2D eigenvalue weighted by Crippen LogP contribution is -2.21. The topological polar surface area (TPSA) is 52.3 Å². The molecule has 3 nitrogen and oxygen atoms in total. The van der Waals surface area contributed by atoms with E-state index < -0.39 is 12.0 Å². The van der Waals surface area contributed by atoms with E-state index in [-0.39, 0.29) is 0 Å². The minimum atomic E-state index is -0.693. The number of fused-ring (bicyclic) bond motifs is 1. The Morgan fingerprint density at radius 2 is 2.25 bits per heavy atom. The molecule has 0 amide bonds. The predicted molar refractivity (Wildman–Crippen MR) is 68.5 cm³/mol. The Bertz CT molecular complexity index is 538. The second-order valence-corrected chi connectivity index (χ2v) is 5.36. The number of halogens is 1. The number of thiophene rings is 1. The number of nitrogens with two attached hydrogens (primary N) is 1.